The average Bonchev–Trinajstić information content (AvgIpc) is 2.59. The lowest BCUT2D eigenvalue weighted by Gasteiger charge is -2.34. The maximum absolute atomic E-state index is 13.0. The Morgan fingerprint density at radius 1 is 0.690 bits per heavy atom. The molecule has 0 bridgehead atoms. The van der Waals surface area contributed by atoms with Crippen molar-refractivity contribution >= 4 is 56.5 Å². The van der Waals surface area contributed by atoms with E-state index in [9.17, 15) is 23.2 Å². The highest BCUT2D eigenvalue weighted by atomic mass is 35.5. The summed E-state index contributed by atoms with van der Waals surface area (Å²) in [6.07, 6.45) is 0. The highest BCUT2D eigenvalue weighted by Crippen LogP contribution is 2.50. The van der Waals surface area contributed by atoms with E-state index in [-0.39, 0.29) is 48.3 Å². The summed E-state index contributed by atoms with van der Waals surface area (Å²) in [6, 6.07) is 11.1. The van der Waals surface area contributed by atoms with Gasteiger partial charge in [0.05, 0.1) is 0 Å². The molecule has 0 aliphatic carbocycles. The van der Waals surface area contributed by atoms with Crippen LogP contribution < -0.4 is 0 Å². The minimum Gasteiger partial charge on any atom is -0.508 e. The first kappa shape index (κ1) is 22.0. The Kier molecular flexibility index (Phi) is 5.98. The number of benzene rings is 3. The van der Waals surface area contributed by atoms with Crippen molar-refractivity contribution < 1.29 is 23.2 Å². The van der Waals surface area contributed by atoms with Crippen LogP contribution >= 0.6 is 46.4 Å². The third-order valence-electron chi connectivity index (χ3n) is 4.31. The molecule has 10 heteroatoms. The second-order valence-corrected chi connectivity index (χ2v) is 9.39. The van der Waals surface area contributed by atoms with Gasteiger partial charge in [-0.25, -0.2) is 0 Å². The van der Waals surface area contributed by atoms with Gasteiger partial charge in [-0.05, 0) is 60.2 Å². The molecule has 0 spiro atoms. The van der Waals surface area contributed by atoms with Gasteiger partial charge in [-0.15, -0.1) is 0 Å². The monoisotopic (exact) mass is 492 g/mol. The molecule has 152 valence electrons. The van der Waals surface area contributed by atoms with Crippen LogP contribution in [0, 0.1) is 0 Å². The Hall–Kier alpha value is -1.67. The molecule has 0 radical (unpaired) electrons. The van der Waals surface area contributed by atoms with Gasteiger partial charge in [0, 0.05) is 31.2 Å². The van der Waals surface area contributed by atoms with Crippen LogP contribution in [0.5, 0.6) is 11.5 Å². The molecule has 3 rings (SSSR count). The lowest BCUT2D eigenvalue weighted by molar-refractivity contribution is 0.455. The van der Waals surface area contributed by atoms with E-state index < -0.39 is 14.9 Å². The lowest BCUT2D eigenvalue weighted by atomic mass is 9.83. The molecule has 0 aromatic heterocycles. The lowest BCUT2D eigenvalue weighted by Crippen LogP contribution is -2.39. The zero-order valence-electron chi connectivity index (χ0n) is 14.3. The Bertz CT molecular complexity index is 1140. The number of phenols is 2. The average molecular weight is 494 g/mol. The van der Waals surface area contributed by atoms with Crippen molar-refractivity contribution in [3.63, 3.8) is 0 Å². The molecule has 0 heterocycles. The fourth-order valence-corrected chi connectivity index (χ4v) is 5.67. The fourth-order valence-electron chi connectivity index (χ4n) is 3.21. The molecule has 0 saturated carbocycles. The Morgan fingerprint density at radius 3 is 1.48 bits per heavy atom. The van der Waals surface area contributed by atoms with Crippen molar-refractivity contribution in [3.05, 3.63) is 91.4 Å². The highest BCUT2D eigenvalue weighted by Gasteiger charge is 2.51. The highest BCUT2D eigenvalue weighted by molar-refractivity contribution is 7.87. The van der Waals surface area contributed by atoms with Gasteiger partial charge in [-0.2, -0.15) is 8.42 Å². The standard InChI is InChI=1S/C19H12Cl4O5S/c20-11-5-10(6-12(21)7-11)19(29(26,27)28,15-8-13(24)1-3-17(15)22)16-9-14(25)2-4-18(16)23/h1-9,24-25H,(H,26,27,28). The second kappa shape index (κ2) is 7.87. The molecule has 0 aliphatic heterocycles. The van der Waals surface area contributed by atoms with Gasteiger partial charge in [0.2, 0.25) is 0 Å². The van der Waals surface area contributed by atoms with E-state index in [0.29, 0.717) is 0 Å². The first-order valence-corrected chi connectivity index (χ1v) is 10.8. The fraction of sp³-hybridized carbons (Fsp3) is 0.0526. The molecule has 0 unspecified atom stereocenters. The first-order valence-electron chi connectivity index (χ1n) is 7.88. The van der Waals surface area contributed by atoms with Crippen molar-refractivity contribution in [1.29, 1.82) is 0 Å². The van der Waals surface area contributed by atoms with Crippen molar-refractivity contribution in [1.82, 2.24) is 0 Å². The SMILES string of the molecule is O=S(=O)(O)C(c1cc(Cl)cc(Cl)c1)(c1cc(O)ccc1Cl)c1cc(O)ccc1Cl. The topological polar surface area (TPSA) is 94.8 Å². The summed E-state index contributed by atoms with van der Waals surface area (Å²) in [6.45, 7) is 0. The minimum absolute atomic E-state index is 0.0769. The summed E-state index contributed by atoms with van der Waals surface area (Å²) in [7, 11) is -5.11. The molecule has 0 atom stereocenters. The predicted molar refractivity (Wildman–Crippen MR) is 114 cm³/mol. The third-order valence-corrected chi connectivity index (χ3v) is 6.86. The van der Waals surface area contributed by atoms with Gasteiger partial charge >= 0.3 is 0 Å². The van der Waals surface area contributed by atoms with Crippen LogP contribution in [-0.4, -0.2) is 23.2 Å². The van der Waals surface area contributed by atoms with Crippen molar-refractivity contribution in [2.24, 2.45) is 0 Å². The molecular weight excluding hydrogens is 482 g/mol. The number of halogens is 4. The van der Waals surface area contributed by atoms with Gasteiger partial charge in [-0.3, -0.25) is 4.55 Å². The maximum atomic E-state index is 13.0. The summed E-state index contributed by atoms with van der Waals surface area (Å²) in [5, 5.41) is 20.0. The van der Waals surface area contributed by atoms with Crippen molar-refractivity contribution in [2.45, 2.75) is 4.75 Å². The Labute approximate surface area is 186 Å². The third kappa shape index (κ3) is 3.89. The molecule has 0 aliphatic rings. The predicted octanol–water partition coefficient (Wildman–Crippen LogP) is 5.89. The van der Waals surface area contributed by atoms with Crippen LogP contribution in [0.2, 0.25) is 20.1 Å². The smallest absolute Gasteiger partial charge is 0.283 e. The van der Waals surface area contributed by atoms with Crippen LogP contribution in [0.1, 0.15) is 16.7 Å². The van der Waals surface area contributed by atoms with E-state index in [1.807, 2.05) is 0 Å². The summed E-state index contributed by atoms with van der Waals surface area (Å²) < 4.78 is 34.0. The molecule has 0 amide bonds. The van der Waals surface area contributed by atoms with Crippen molar-refractivity contribution in [2.75, 3.05) is 0 Å². The molecular formula is C19H12Cl4O5S. The summed E-state index contributed by atoms with van der Waals surface area (Å²) in [4.78, 5) is 0. The molecule has 3 aromatic carbocycles. The largest absolute Gasteiger partial charge is 0.508 e. The van der Waals surface area contributed by atoms with Crippen LogP contribution in [0.15, 0.2) is 54.6 Å². The summed E-state index contributed by atoms with van der Waals surface area (Å²) in [5.74, 6) is -0.636. The van der Waals surface area contributed by atoms with E-state index in [2.05, 4.69) is 0 Å². The number of hydrogen-bond acceptors (Lipinski definition) is 4. The van der Waals surface area contributed by atoms with Gasteiger partial charge in [0.15, 0.2) is 4.75 Å². The number of hydrogen-bond donors (Lipinski definition) is 3. The quantitative estimate of drug-likeness (QED) is 0.311. The van der Waals surface area contributed by atoms with Gasteiger partial charge in [0.1, 0.15) is 11.5 Å². The van der Waals surface area contributed by atoms with Gasteiger partial charge < -0.3 is 10.2 Å². The minimum atomic E-state index is -5.11. The van der Waals surface area contributed by atoms with Crippen molar-refractivity contribution in [3.8, 4) is 11.5 Å². The summed E-state index contributed by atoms with van der Waals surface area (Å²) in [5.41, 5.74) is -0.530. The zero-order chi connectivity index (χ0) is 21.6. The van der Waals surface area contributed by atoms with E-state index in [0.717, 1.165) is 12.1 Å². The normalized spacial score (nSPS) is 12.2. The second-order valence-electron chi connectivity index (χ2n) is 6.14. The molecule has 3 aromatic rings. The number of aromatic hydroxyl groups is 2. The van der Waals surface area contributed by atoms with Crippen LogP contribution in [0.25, 0.3) is 0 Å². The number of phenolic OH excluding ortho intramolecular Hbond substituents is 2. The maximum Gasteiger partial charge on any atom is 0.283 e. The Balaban J connectivity index is 2.65. The summed E-state index contributed by atoms with van der Waals surface area (Å²) >= 11 is 24.8. The molecule has 5 nitrogen and oxygen atoms in total. The number of rotatable bonds is 4. The van der Waals surface area contributed by atoms with E-state index in [4.69, 9.17) is 46.4 Å². The van der Waals surface area contributed by atoms with Gasteiger partial charge in [-0.1, -0.05) is 46.4 Å². The van der Waals surface area contributed by atoms with Crippen LogP contribution in [0.4, 0.5) is 0 Å². The first-order chi connectivity index (χ1) is 13.5. The molecule has 0 fully saturated rings. The van der Waals surface area contributed by atoms with Crippen LogP contribution in [0.3, 0.4) is 0 Å². The van der Waals surface area contributed by atoms with Crippen LogP contribution in [-0.2, 0) is 14.9 Å². The molecule has 3 N–H and O–H groups in total. The molecule has 0 saturated heterocycles. The Morgan fingerprint density at radius 2 is 1.10 bits per heavy atom. The van der Waals surface area contributed by atoms with E-state index in [1.54, 1.807) is 0 Å². The van der Waals surface area contributed by atoms with E-state index in [1.165, 1.54) is 42.5 Å². The van der Waals surface area contributed by atoms with Gasteiger partial charge in [0.25, 0.3) is 10.1 Å². The van der Waals surface area contributed by atoms with E-state index >= 15 is 0 Å². The molecule has 29 heavy (non-hydrogen) atoms. The zero-order valence-corrected chi connectivity index (χ0v) is 18.1.